The summed E-state index contributed by atoms with van der Waals surface area (Å²) < 4.78 is 0. The number of anilines is 2. The summed E-state index contributed by atoms with van der Waals surface area (Å²) in [5.41, 5.74) is 3.81. The quantitative estimate of drug-likeness (QED) is 0.500. The van der Waals surface area contributed by atoms with Crippen molar-refractivity contribution >= 4 is 11.6 Å². The number of hydrogen-bond donors (Lipinski definition) is 0. The van der Waals surface area contributed by atoms with E-state index < -0.39 is 0 Å². The maximum atomic E-state index is 4.79. The standard InChI is InChI=1S/C26H41N7.C3H8/c1-6-11-30(7-2)25-9-8-22(17-27-25)21(5)33-12-10-23-24(18-33)28-19-29-26(23)32-15-13-31(14-16-32)20(3)4;1-3-2/h8-9,17,19-21H,6-7,10-16,18H2,1-5H3;3H2,1-2H3. The Bertz CT molecular complexity index is 906. The highest BCUT2D eigenvalue weighted by atomic mass is 15.3. The first-order chi connectivity index (χ1) is 17.4. The molecule has 0 N–H and O–H groups in total. The number of pyridine rings is 1. The van der Waals surface area contributed by atoms with Gasteiger partial charge in [0.2, 0.25) is 0 Å². The molecule has 0 amide bonds. The van der Waals surface area contributed by atoms with Crippen molar-refractivity contribution in [2.75, 3.05) is 55.6 Å². The van der Waals surface area contributed by atoms with Gasteiger partial charge in [-0.1, -0.05) is 33.3 Å². The van der Waals surface area contributed by atoms with E-state index in [4.69, 9.17) is 15.0 Å². The van der Waals surface area contributed by atoms with Crippen molar-refractivity contribution in [3.05, 3.63) is 41.5 Å². The van der Waals surface area contributed by atoms with Gasteiger partial charge in [0, 0.05) is 76.2 Å². The van der Waals surface area contributed by atoms with Crippen LogP contribution in [0, 0.1) is 0 Å². The Morgan fingerprint density at radius 2 is 1.61 bits per heavy atom. The maximum Gasteiger partial charge on any atom is 0.135 e. The zero-order valence-electron chi connectivity index (χ0n) is 23.9. The van der Waals surface area contributed by atoms with Gasteiger partial charge in [0.25, 0.3) is 0 Å². The van der Waals surface area contributed by atoms with Gasteiger partial charge in [0.15, 0.2) is 0 Å². The van der Waals surface area contributed by atoms with Crippen LogP contribution in [0.5, 0.6) is 0 Å². The summed E-state index contributed by atoms with van der Waals surface area (Å²) in [5, 5.41) is 0. The number of piperazine rings is 1. The summed E-state index contributed by atoms with van der Waals surface area (Å²) in [7, 11) is 0. The van der Waals surface area contributed by atoms with Gasteiger partial charge in [0.05, 0.1) is 5.69 Å². The molecule has 2 aromatic rings. The molecular formula is C29H49N7. The van der Waals surface area contributed by atoms with Crippen molar-refractivity contribution in [3.8, 4) is 0 Å². The molecule has 0 aromatic carbocycles. The summed E-state index contributed by atoms with van der Waals surface area (Å²) in [6.07, 6.45) is 7.22. The van der Waals surface area contributed by atoms with Crippen LogP contribution < -0.4 is 9.80 Å². The van der Waals surface area contributed by atoms with Crippen molar-refractivity contribution in [1.82, 2.24) is 24.8 Å². The van der Waals surface area contributed by atoms with Crippen molar-refractivity contribution in [2.45, 2.75) is 86.4 Å². The molecule has 0 aliphatic carbocycles. The lowest BCUT2D eigenvalue weighted by atomic mass is 10.0. The van der Waals surface area contributed by atoms with Gasteiger partial charge in [-0.15, -0.1) is 0 Å². The van der Waals surface area contributed by atoms with Gasteiger partial charge in [0.1, 0.15) is 18.0 Å². The van der Waals surface area contributed by atoms with E-state index in [1.807, 2.05) is 0 Å². The van der Waals surface area contributed by atoms with Crippen molar-refractivity contribution in [1.29, 1.82) is 0 Å². The van der Waals surface area contributed by atoms with Crippen molar-refractivity contribution in [2.24, 2.45) is 0 Å². The molecule has 0 saturated carbocycles. The lowest BCUT2D eigenvalue weighted by Crippen LogP contribution is -2.49. The summed E-state index contributed by atoms with van der Waals surface area (Å²) in [5.74, 6) is 2.24. The molecule has 200 valence electrons. The minimum Gasteiger partial charge on any atom is -0.357 e. The Kier molecular flexibility index (Phi) is 10.9. The van der Waals surface area contributed by atoms with Gasteiger partial charge >= 0.3 is 0 Å². The average Bonchev–Trinajstić information content (AvgIpc) is 2.91. The second kappa shape index (κ2) is 13.9. The molecule has 7 heteroatoms. The Morgan fingerprint density at radius 3 is 2.19 bits per heavy atom. The van der Waals surface area contributed by atoms with Gasteiger partial charge in [-0.2, -0.15) is 0 Å². The zero-order valence-corrected chi connectivity index (χ0v) is 23.9. The molecule has 0 bridgehead atoms. The molecule has 2 aromatic heterocycles. The van der Waals surface area contributed by atoms with E-state index in [2.05, 4.69) is 86.4 Å². The summed E-state index contributed by atoms with van der Waals surface area (Å²) in [4.78, 5) is 24.1. The fourth-order valence-electron chi connectivity index (χ4n) is 5.16. The van der Waals surface area contributed by atoms with Crippen LogP contribution in [0.25, 0.3) is 0 Å². The minimum atomic E-state index is 0.314. The summed E-state index contributed by atoms with van der Waals surface area (Å²) >= 11 is 0. The highest BCUT2D eigenvalue weighted by molar-refractivity contribution is 5.50. The number of rotatable bonds is 8. The van der Waals surface area contributed by atoms with E-state index in [0.717, 1.165) is 76.8 Å². The normalized spacial score (nSPS) is 17.4. The van der Waals surface area contributed by atoms with Crippen LogP contribution in [0.1, 0.15) is 84.2 Å². The van der Waals surface area contributed by atoms with E-state index in [1.165, 1.54) is 23.2 Å². The topological polar surface area (TPSA) is 51.6 Å². The van der Waals surface area contributed by atoms with Crippen LogP contribution >= 0.6 is 0 Å². The van der Waals surface area contributed by atoms with Gasteiger partial charge < -0.3 is 9.80 Å². The van der Waals surface area contributed by atoms with Crippen molar-refractivity contribution < 1.29 is 0 Å². The highest BCUT2D eigenvalue weighted by Crippen LogP contribution is 2.31. The van der Waals surface area contributed by atoms with Crippen LogP contribution in [-0.2, 0) is 13.0 Å². The van der Waals surface area contributed by atoms with Gasteiger partial charge in [-0.3, -0.25) is 9.80 Å². The summed E-state index contributed by atoms with van der Waals surface area (Å²) in [6, 6.07) is 5.36. The molecule has 36 heavy (non-hydrogen) atoms. The molecule has 2 aliphatic heterocycles. The molecule has 1 fully saturated rings. The fourth-order valence-corrected chi connectivity index (χ4v) is 5.16. The SMILES string of the molecule is CCC.CCCN(CC)c1ccc(C(C)N2CCc3c(ncnc3N3CCN(C(C)C)CC3)C2)cn1. The molecule has 4 heterocycles. The lowest BCUT2D eigenvalue weighted by Gasteiger charge is -2.39. The van der Waals surface area contributed by atoms with Gasteiger partial charge in [-0.05, 0) is 52.2 Å². The zero-order chi connectivity index (χ0) is 26.1. The molecule has 4 rings (SSSR count). The molecule has 1 atom stereocenters. The van der Waals surface area contributed by atoms with Crippen LogP contribution in [0.2, 0.25) is 0 Å². The van der Waals surface area contributed by atoms with Crippen molar-refractivity contribution in [3.63, 3.8) is 0 Å². The molecule has 0 spiro atoms. The molecular weight excluding hydrogens is 446 g/mol. The first-order valence-corrected chi connectivity index (χ1v) is 14.2. The van der Waals surface area contributed by atoms with E-state index in [0.29, 0.717) is 12.1 Å². The first kappa shape index (κ1) is 28.3. The Balaban J connectivity index is 0.00000115. The number of nitrogens with zero attached hydrogens (tertiary/aromatic N) is 7. The lowest BCUT2D eigenvalue weighted by molar-refractivity contribution is 0.187. The van der Waals surface area contributed by atoms with Crippen LogP contribution in [0.3, 0.4) is 0 Å². The molecule has 1 saturated heterocycles. The maximum absolute atomic E-state index is 4.79. The average molecular weight is 496 g/mol. The largest absolute Gasteiger partial charge is 0.357 e. The first-order valence-electron chi connectivity index (χ1n) is 14.2. The number of hydrogen-bond acceptors (Lipinski definition) is 7. The third-order valence-corrected chi connectivity index (χ3v) is 7.36. The molecule has 7 nitrogen and oxygen atoms in total. The monoisotopic (exact) mass is 495 g/mol. The van der Waals surface area contributed by atoms with Crippen LogP contribution in [0.15, 0.2) is 24.7 Å². The van der Waals surface area contributed by atoms with E-state index in [-0.39, 0.29) is 0 Å². The Morgan fingerprint density at radius 1 is 0.889 bits per heavy atom. The molecule has 0 radical (unpaired) electrons. The third kappa shape index (κ3) is 6.94. The van der Waals surface area contributed by atoms with E-state index in [9.17, 15) is 0 Å². The highest BCUT2D eigenvalue weighted by Gasteiger charge is 2.28. The smallest absolute Gasteiger partial charge is 0.135 e. The second-order valence-electron chi connectivity index (χ2n) is 10.4. The predicted molar refractivity (Wildman–Crippen MR) is 152 cm³/mol. The second-order valence-corrected chi connectivity index (χ2v) is 10.4. The molecule has 1 unspecified atom stereocenters. The van der Waals surface area contributed by atoms with Crippen LogP contribution in [-0.4, -0.2) is 76.6 Å². The van der Waals surface area contributed by atoms with Crippen LogP contribution in [0.4, 0.5) is 11.6 Å². The number of aromatic nitrogens is 3. The van der Waals surface area contributed by atoms with E-state index in [1.54, 1.807) is 6.33 Å². The van der Waals surface area contributed by atoms with E-state index >= 15 is 0 Å². The van der Waals surface area contributed by atoms with Gasteiger partial charge in [-0.25, -0.2) is 15.0 Å². The predicted octanol–water partition coefficient (Wildman–Crippen LogP) is 5.17. The summed E-state index contributed by atoms with van der Waals surface area (Å²) in [6.45, 7) is 23.8. The third-order valence-electron chi connectivity index (χ3n) is 7.36. The molecule has 2 aliphatic rings. The Labute approximate surface area is 219 Å². The fraction of sp³-hybridized carbons (Fsp3) is 0.690. The minimum absolute atomic E-state index is 0.314. The Hall–Kier alpha value is -2.25. The number of fused-ring (bicyclic) bond motifs is 1.